The van der Waals surface area contributed by atoms with E-state index in [2.05, 4.69) is 10.6 Å². The number of anilines is 2. The number of hydrogen-bond acceptors (Lipinski definition) is 4. The Bertz CT molecular complexity index is 788. The maximum absolute atomic E-state index is 12.3. The number of benzene rings is 2. The van der Waals surface area contributed by atoms with Crippen molar-refractivity contribution in [3.8, 4) is 6.07 Å². The molecule has 0 fully saturated rings. The van der Waals surface area contributed by atoms with E-state index < -0.39 is 0 Å². The summed E-state index contributed by atoms with van der Waals surface area (Å²) in [6.07, 6.45) is 0. The molecule has 0 aliphatic carbocycles. The number of nitriles is 1. The number of hydrogen-bond donors (Lipinski definition) is 2. The van der Waals surface area contributed by atoms with Gasteiger partial charge < -0.3 is 15.5 Å². The molecule has 0 aromatic heterocycles. The van der Waals surface area contributed by atoms with Gasteiger partial charge in [-0.1, -0.05) is 0 Å². The van der Waals surface area contributed by atoms with Crippen molar-refractivity contribution in [2.45, 2.75) is 13.8 Å². The predicted octanol–water partition coefficient (Wildman–Crippen LogP) is 3.09. The lowest BCUT2D eigenvalue weighted by atomic mass is 10.1. The van der Waals surface area contributed by atoms with E-state index in [1.807, 2.05) is 19.9 Å². The highest BCUT2D eigenvalue weighted by Crippen LogP contribution is 2.12. The van der Waals surface area contributed by atoms with Crippen LogP contribution in [0.15, 0.2) is 48.5 Å². The first kappa shape index (κ1) is 19.0. The summed E-state index contributed by atoms with van der Waals surface area (Å²) in [5.74, 6) is -0.215. The van der Waals surface area contributed by atoms with Crippen molar-refractivity contribution in [2.24, 2.45) is 0 Å². The van der Waals surface area contributed by atoms with Crippen LogP contribution in [-0.2, 0) is 4.79 Å². The Morgan fingerprint density at radius 2 is 1.54 bits per heavy atom. The first-order chi connectivity index (χ1) is 12.6. The molecule has 0 aliphatic rings. The molecule has 2 aromatic carbocycles. The molecule has 0 heterocycles. The molecule has 0 atom stereocenters. The monoisotopic (exact) mass is 350 g/mol. The van der Waals surface area contributed by atoms with Crippen molar-refractivity contribution in [1.29, 1.82) is 5.26 Å². The normalized spacial score (nSPS) is 9.88. The van der Waals surface area contributed by atoms with Crippen molar-refractivity contribution in [2.75, 3.05) is 30.3 Å². The van der Waals surface area contributed by atoms with E-state index in [1.165, 1.54) is 0 Å². The van der Waals surface area contributed by atoms with Crippen LogP contribution in [0, 0.1) is 11.3 Å². The van der Waals surface area contributed by atoms with Crippen LogP contribution in [0.4, 0.5) is 11.4 Å². The fraction of sp³-hybridized carbons (Fsp3) is 0.250. The largest absolute Gasteiger partial charge is 0.376 e. The molecule has 0 radical (unpaired) electrons. The van der Waals surface area contributed by atoms with Gasteiger partial charge in [-0.2, -0.15) is 5.26 Å². The smallest absolute Gasteiger partial charge is 0.253 e. The first-order valence-corrected chi connectivity index (χ1v) is 8.50. The summed E-state index contributed by atoms with van der Waals surface area (Å²) < 4.78 is 0. The van der Waals surface area contributed by atoms with Crippen LogP contribution in [0.3, 0.4) is 0 Å². The minimum absolute atomic E-state index is 0.0182. The second kappa shape index (κ2) is 9.23. The van der Waals surface area contributed by atoms with Gasteiger partial charge in [0.05, 0.1) is 18.2 Å². The number of amides is 2. The minimum atomic E-state index is -0.197. The first-order valence-electron chi connectivity index (χ1n) is 8.50. The summed E-state index contributed by atoms with van der Waals surface area (Å²) in [6.45, 7) is 5.31. The van der Waals surface area contributed by atoms with E-state index in [0.29, 0.717) is 29.9 Å². The van der Waals surface area contributed by atoms with Gasteiger partial charge in [-0.25, -0.2) is 0 Å². The van der Waals surface area contributed by atoms with Crippen LogP contribution in [-0.4, -0.2) is 36.3 Å². The quantitative estimate of drug-likeness (QED) is 0.803. The molecular weight excluding hydrogens is 328 g/mol. The van der Waals surface area contributed by atoms with Crippen molar-refractivity contribution in [3.05, 3.63) is 59.7 Å². The molecule has 0 unspecified atom stereocenters. The lowest BCUT2D eigenvalue weighted by molar-refractivity contribution is -0.114. The van der Waals surface area contributed by atoms with Crippen LogP contribution in [0.2, 0.25) is 0 Å². The zero-order valence-electron chi connectivity index (χ0n) is 15.0. The van der Waals surface area contributed by atoms with Gasteiger partial charge in [-0.05, 0) is 62.4 Å². The number of nitrogens with one attached hydrogen (secondary N) is 2. The van der Waals surface area contributed by atoms with E-state index in [0.717, 1.165) is 5.69 Å². The van der Waals surface area contributed by atoms with E-state index in [9.17, 15) is 9.59 Å². The summed E-state index contributed by atoms with van der Waals surface area (Å²) >= 11 is 0. The molecular formula is C20H22N4O2. The van der Waals surface area contributed by atoms with Crippen molar-refractivity contribution >= 4 is 23.2 Å². The van der Waals surface area contributed by atoms with Gasteiger partial charge in [0.25, 0.3) is 5.91 Å². The average molecular weight is 350 g/mol. The zero-order chi connectivity index (χ0) is 18.9. The molecule has 0 aliphatic heterocycles. The number of rotatable bonds is 7. The lowest BCUT2D eigenvalue weighted by Crippen LogP contribution is -2.30. The molecule has 2 rings (SSSR count). The standard InChI is InChI=1S/C20H22N4O2/c1-3-24(4-2)20(26)16-7-11-18(12-8-16)23-19(25)14-22-17-9-5-15(13-21)6-10-17/h5-12,22H,3-4,14H2,1-2H3,(H,23,25). The molecule has 2 amide bonds. The molecule has 0 saturated heterocycles. The molecule has 0 saturated carbocycles. The summed E-state index contributed by atoms with van der Waals surface area (Å²) in [7, 11) is 0. The zero-order valence-corrected chi connectivity index (χ0v) is 15.0. The third-order valence-corrected chi connectivity index (χ3v) is 3.93. The van der Waals surface area contributed by atoms with Gasteiger partial charge in [0.15, 0.2) is 0 Å². The Morgan fingerprint density at radius 3 is 2.08 bits per heavy atom. The third kappa shape index (κ3) is 5.08. The molecule has 0 spiro atoms. The molecule has 6 nitrogen and oxygen atoms in total. The van der Waals surface area contributed by atoms with Gasteiger partial charge >= 0.3 is 0 Å². The van der Waals surface area contributed by atoms with Crippen molar-refractivity contribution < 1.29 is 9.59 Å². The lowest BCUT2D eigenvalue weighted by Gasteiger charge is -2.18. The van der Waals surface area contributed by atoms with Gasteiger partial charge in [-0.15, -0.1) is 0 Å². The third-order valence-electron chi connectivity index (χ3n) is 3.93. The number of nitrogens with zero attached hydrogens (tertiary/aromatic N) is 2. The second-order valence-corrected chi connectivity index (χ2v) is 5.65. The van der Waals surface area contributed by atoms with Gasteiger partial charge in [0.2, 0.25) is 5.91 Å². The molecule has 26 heavy (non-hydrogen) atoms. The van der Waals surface area contributed by atoms with Gasteiger partial charge in [-0.3, -0.25) is 9.59 Å². The predicted molar refractivity (Wildman–Crippen MR) is 102 cm³/mol. The SMILES string of the molecule is CCN(CC)C(=O)c1ccc(NC(=O)CNc2ccc(C#N)cc2)cc1. The molecule has 0 bridgehead atoms. The Morgan fingerprint density at radius 1 is 0.962 bits per heavy atom. The van der Waals surface area contributed by atoms with E-state index >= 15 is 0 Å². The Balaban J connectivity index is 1.88. The Labute approximate surface area is 153 Å². The fourth-order valence-electron chi connectivity index (χ4n) is 2.44. The van der Waals surface area contributed by atoms with Crippen LogP contribution >= 0.6 is 0 Å². The highest BCUT2D eigenvalue weighted by molar-refractivity contribution is 5.96. The van der Waals surface area contributed by atoms with E-state index in [-0.39, 0.29) is 18.4 Å². The molecule has 6 heteroatoms. The summed E-state index contributed by atoms with van der Waals surface area (Å²) in [5, 5.41) is 14.5. The van der Waals surface area contributed by atoms with Crippen molar-refractivity contribution in [1.82, 2.24) is 4.90 Å². The second-order valence-electron chi connectivity index (χ2n) is 5.65. The summed E-state index contributed by atoms with van der Waals surface area (Å²) in [6, 6.07) is 15.8. The highest BCUT2D eigenvalue weighted by Gasteiger charge is 2.12. The fourth-order valence-corrected chi connectivity index (χ4v) is 2.44. The highest BCUT2D eigenvalue weighted by atomic mass is 16.2. The van der Waals surface area contributed by atoms with Gasteiger partial charge in [0, 0.05) is 30.0 Å². The minimum Gasteiger partial charge on any atom is -0.376 e. The Kier molecular flexibility index (Phi) is 6.75. The molecule has 134 valence electrons. The van der Waals surface area contributed by atoms with Crippen LogP contribution in [0.25, 0.3) is 0 Å². The number of carbonyl (C=O) groups is 2. The maximum atomic E-state index is 12.3. The molecule has 2 aromatic rings. The topological polar surface area (TPSA) is 85.2 Å². The number of carbonyl (C=O) groups excluding carboxylic acids is 2. The summed E-state index contributed by atoms with van der Waals surface area (Å²) in [5.41, 5.74) is 2.56. The Hall–Kier alpha value is -3.33. The molecule has 2 N–H and O–H groups in total. The summed E-state index contributed by atoms with van der Waals surface area (Å²) in [4.78, 5) is 26.0. The van der Waals surface area contributed by atoms with E-state index in [4.69, 9.17) is 5.26 Å². The van der Waals surface area contributed by atoms with Gasteiger partial charge in [0.1, 0.15) is 0 Å². The van der Waals surface area contributed by atoms with Crippen LogP contribution < -0.4 is 10.6 Å². The average Bonchev–Trinajstić information content (AvgIpc) is 2.68. The maximum Gasteiger partial charge on any atom is 0.253 e. The van der Waals surface area contributed by atoms with E-state index in [1.54, 1.807) is 53.4 Å². The van der Waals surface area contributed by atoms with Crippen molar-refractivity contribution in [3.63, 3.8) is 0 Å². The van der Waals surface area contributed by atoms with Crippen LogP contribution in [0.5, 0.6) is 0 Å². The van der Waals surface area contributed by atoms with Crippen LogP contribution in [0.1, 0.15) is 29.8 Å².